The van der Waals surface area contributed by atoms with Gasteiger partial charge in [0.25, 0.3) is 0 Å². The Balaban J connectivity index is 2.58. The van der Waals surface area contributed by atoms with Gasteiger partial charge in [-0.15, -0.1) is 0 Å². The van der Waals surface area contributed by atoms with E-state index in [4.69, 9.17) is 0 Å². The van der Waals surface area contributed by atoms with Crippen LogP contribution in [-0.2, 0) is 4.74 Å². The van der Waals surface area contributed by atoms with Gasteiger partial charge in [-0.25, -0.2) is 10.2 Å². The lowest BCUT2D eigenvalue weighted by molar-refractivity contribution is 0.171. The van der Waals surface area contributed by atoms with Crippen molar-refractivity contribution in [2.45, 2.75) is 19.8 Å². The third kappa shape index (κ3) is 3.73. The number of nitrogens with zero attached hydrogens (tertiary/aromatic N) is 1. The molecule has 1 aromatic rings. The first-order chi connectivity index (χ1) is 7.63. The summed E-state index contributed by atoms with van der Waals surface area (Å²) in [7, 11) is 1.29. The van der Waals surface area contributed by atoms with Gasteiger partial charge in [0.1, 0.15) is 0 Å². The highest BCUT2D eigenvalue weighted by Crippen LogP contribution is 2.13. The average Bonchev–Trinajstić information content (AvgIpc) is 2.29. The Bertz CT molecular complexity index is 369. The molecular formula is C12H16N2O2. The first-order valence-corrected chi connectivity index (χ1v) is 5.10. The highest BCUT2D eigenvalue weighted by Gasteiger charge is 1.97. The van der Waals surface area contributed by atoms with Crippen molar-refractivity contribution in [3.05, 3.63) is 35.4 Å². The van der Waals surface area contributed by atoms with Crippen molar-refractivity contribution in [1.29, 1.82) is 0 Å². The summed E-state index contributed by atoms with van der Waals surface area (Å²) in [6.07, 6.45) is 0.996. The van der Waals surface area contributed by atoms with Gasteiger partial charge in [0.2, 0.25) is 0 Å². The van der Waals surface area contributed by atoms with Crippen LogP contribution in [0.2, 0.25) is 0 Å². The van der Waals surface area contributed by atoms with E-state index in [0.717, 1.165) is 5.56 Å². The maximum Gasteiger partial charge on any atom is 0.427 e. The van der Waals surface area contributed by atoms with Gasteiger partial charge in [-0.2, -0.15) is 5.10 Å². The number of nitrogens with one attached hydrogen (secondary N) is 1. The van der Waals surface area contributed by atoms with Crippen LogP contribution in [0.5, 0.6) is 0 Å². The van der Waals surface area contributed by atoms with Crippen LogP contribution in [0.25, 0.3) is 0 Å². The minimum Gasteiger partial charge on any atom is -0.452 e. The van der Waals surface area contributed by atoms with Crippen molar-refractivity contribution in [3.8, 4) is 0 Å². The molecule has 4 heteroatoms. The predicted octanol–water partition coefficient (Wildman–Crippen LogP) is 2.50. The van der Waals surface area contributed by atoms with E-state index in [0.29, 0.717) is 5.92 Å². The lowest BCUT2D eigenvalue weighted by Crippen LogP contribution is -2.16. The Kier molecular flexibility index (Phi) is 4.51. The Morgan fingerprint density at radius 3 is 2.50 bits per heavy atom. The molecule has 0 aromatic heterocycles. The smallest absolute Gasteiger partial charge is 0.427 e. The van der Waals surface area contributed by atoms with Crippen LogP contribution in [0.3, 0.4) is 0 Å². The molecular weight excluding hydrogens is 204 g/mol. The van der Waals surface area contributed by atoms with E-state index in [1.807, 2.05) is 24.3 Å². The molecule has 1 amide bonds. The molecule has 1 aromatic carbocycles. The van der Waals surface area contributed by atoms with Crippen LogP contribution in [-0.4, -0.2) is 19.4 Å². The molecule has 0 saturated carbocycles. The summed E-state index contributed by atoms with van der Waals surface area (Å²) in [5.41, 5.74) is 4.43. The Labute approximate surface area is 95.3 Å². The number of hydrogen-bond acceptors (Lipinski definition) is 3. The van der Waals surface area contributed by atoms with Gasteiger partial charge < -0.3 is 4.74 Å². The Morgan fingerprint density at radius 2 is 2.00 bits per heavy atom. The van der Waals surface area contributed by atoms with Crippen molar-refractivity contribution >= 4 is 12.3 Å². The summed E-state index contributed by atoms with van der Waals surface area (Å²) in [6.45, 7) is 4.28. The lowest BCUT2D eigenvalue weighted by atomic mass is 10.0. The monoisotopic (exact) mass is 220 g/mol. The summed E-state index contributed by atoms with van der Waals surface area (Å²) in [5, 5.41) is 3.74. The predicted molar refractivity (Wildman–Crippen MR) is 63.7 cm³/mol. The molecule has 0 aliphatic heterocycles. The van der Waals surface area contributed by atoms with Crippen molar-refractivity contribution in [3.63, 3.8) is 0 Å². The fraction of sp³-hybridized carbons (Fsp3) is 0.333. The molecule has 0 aliphatic rings. The van der Waals surface area contributed by atoms with Gasteiger partial charge in [-0.3, -0.25) is 0 Å². The van der Waals surface area contributed by atoms with Crippen LogP contribution in [0.4, 0.5) is 4.79 Å². The van der Waals surface area contributed by atoms with Crippen molar-refractivity contribution in [2.24, 2.45) is 5.10 Å². The lowest BCUT2D eigenvalue weighted by Gasteiger charge is -2.04. The average molecular weight is 220 g/mol. The normalized spacial score (nSPS) is 10.8. The molecule has 0 fully saturated rings. The quantitative estimate of drug-likeness (QED) is 0.628. The number of carbonyl (C=O) groups is 1. The molecule has 0 radical (unpaired) electrons. The number of rotatable bonds is 3. The zero-order chi connectivity index (χ0) is 12.0. The van der Waals surface area contributed by atoms with Crippen LogP contribution >= 0.6 is 0 Å². The Hall–Kier alpha value is -1.84. The van der Waals surface area contributed by atoms with Gasteiger partial charge in [-0.1, -0.05) is 38.1 Å². The van der Waals surface area contributed by atoms with Gasteiger partial charge in [0.15, 0.2) is 0 Å². The highest BCUT2D eigenvalue weighted by atomic mass is 16.5. The second kappa shape index (κ2) is 5.90. The zero-order valence-electron chi connectivity index (χ0n) is 9.73. The molecule has 0 atom stereocenters. The van der Waals surface area contributed by atoms with Crippen molar-refractivity contribution in [1.82, 2.24) is 5.43 Å². The molecule has 1 N–H and O–H groups in total. The van der Waals surface area contributed by atoms with Gasteiger partial charge in [0, 0.05) is 0 Å². The maximum atomic E-state index is 10.7. The molecule has 4 nitrogen and oxygen atoms in total. The first kappa shape index (κ1) is 12.2. The van der Waals surface area contributed by atoms with E-state index >= 15 is 0 Å². The molecule has 0 unspecified atom stereocenters. The second-order valence-corrected chi connectivity index (χ2v) is 3.68. The van der Waals surface area contributed by atoms with E-state index in [9.17, 15) is 4.79 Å². The molecule has 0 spiro atoms. The number of amides is 1. The van der Waals surface area contributed by atoms with E-state index in [-0.39, 0.29) is 0 Å². The summed E-state index contributed by atoms with van der Waals surface area (Å²) < 4.78 is 4.37. The number of methoxy groups -OCH3 is 1. The number of benzene rings is 1. The maximum absolute atomic E-state index is 10.7. The largest absolute Gasteiger partial charge is 0.452 e. The van der Waals surface area contributed by atoms with Gasteiger partial charge >= 0.3 is 6.09 Å². The van der Waals surface area contributed by atoms with Gasteiger partial charge in [0.05, 0.1) is 13.3 Å². The molecule has 16 heavy (non-hydrogen) atoms. The van der Waals surface area contributed by atoms with Gasteiger partial charge in [-0.05, 0) is 17.0 Å². The number of carbonyl (C=O) groups excluding carboxylic acids is 1. The minimum atomic E-state index is -0.574. The standard InChI is InChI=1S/C12H16N2O2/c1-9(2)11-6-4-10(5-7-11)8-13-14-12(15)16-3/h4-9H,1-3H3,(H,14,15). The third-order valence-corrected chi connectivity index (χ3v) is 2.16. The fourth-order valence-corrected chi connectivity index (χ4v) is 1.17. The van der Waals surface area contributed by atoms with Crippen LogP contribution in [0, 0.1) is 0 Å². The Morgan fingerprint density at radius 1 is 1.38 bits per heavy atom. The molecule has 86 valence electrons. The number of hydrazone groups is 1. The number of hydrogen-bond donors (Lipinski definition) is 1. The van der Waals surface area contributed by atoms with Crippen molar-refractivity contribution in [2.75, 3.05) is 7.11 Å². The third-order valence-electron chi connectivity index (χ3n) is 2.16. The molecule has 0 bridgehead atoms. The van der Waals surface area contributed by atoms with Crippen LogP contribution in [0.1, 0.15) is 30.9 Å². The highest BCUT2D eigenvalue weighted by molar-refractivity contribution is 5.80. The SMILES string of the molecule is COC(=O)NN=Cc1ccc(C(C)C)cc1. The molecule has 0 saturated heterocycles. The summed E-state index contributed by atoms with van der Waals surface area (Å²) in [4.78, 5) is 10.7. The van der Waals surface area contributed by atoms with Crippen LogP contribution in [0.15, 0.2) is 29.4 Å². The first-order valence-electron chi connectivity index (χ1n) is 5.10. The molecule has 0 heterocycles. The summed E-state index contributed by atoms with van der Waals surface area (Å²) in [5.74, 6) is 0.513. The summed E-state index contributed by atoms with van der Waals surface area (Å²) >= 11 is 0. The van der Waals surface area contributed by atoms with E-state index < -0.39 is 6.09 Å². The topological polar surface area (TPSA) is 50.7 Å². The second-order valence-electron chi connectivity index (χ2n) is 3.68. The zero-order valence-corrected chi connectivity index (χ0v) is 9.73. The summed E-state index contributed by atoms with van der Waals surface area (Å²) in [6, 6.07) is 8.00. The minimum absolute atomic E-state index is 0.513. The van der Waals surface area contributed by atoms with Crippen molar-refractivity contribution < 1.29 is 9.53 Å². The number of ether oxygens (including phenoxy) is 1. The molecule has 0 aliphatic carbocycles. The van der Waals surface area contributed by atoms with E-state index in [1.54, 1.807) is 6.21 Å². The molecule has 1 rings (SSSR count). The van der Waals surface area contributed by atoms with E-state index in [1.165, 1.54) is 12.7 Å². The van der Waals surface area contributed by atoms with Crippen LogP contribution < -0.4 is 5.43 Å². The van der Waals surface area contributed by atoms with E-state index in [2.05, 4.69) is 29.1 Å². The fourth-order valence-electron chi connectivity index (χ4n) is 1.17.